The van der Waals surface area contributed by atoms with Crippen LogP contribution in [-0.2, 0) is 4.79 Å². The van der Waals surface area contributed by atoms with Crippen LogP contribution in [0.1, 0.15) is 33.6 Å². The molecule has 1 fully saturated rings. The van der Waals surface area contributed by atoms with E-state index in [0.717, 1.165) is 19.5 Å². The third-order valence-corrected chi connectivity index (χ3v) is 3.42. The quantitative estimate of drug-likeness (QED) is 0.745. The van der Waals surface area contributed by atoms with Crippen LogP contribution in [-0.4, -0.2) is 43.4 Å². The van der Waals surface area contributed by atoms with Crippen molar-refractivity contribution in [3.63, 3.8) is 0 Å². The van der Waals surface area contributed by atoms with Crippen molar-refractivity contribution in [2.45, 2.75) is 39.7 Å². The van der Waals surface area contributed by atoms with Gasteiger partial charge in [-0.3, -0.25) is 4.79 Å². The molecule has 1 heterocycles. The monoisotopic (exact) mass is 226 g/mol. The predicted octanol–water partition coefficient (Wildman–Crippen LogP) is 1.53. The van der Waals surface area contributed by atoms with Crippen LogP contribution in [0.25, 0.3) is 0 Å². The molecule has 1 rings (SSSR count). The first-order valence-corrected chi connectivity index (χ1v) is 6.50. The second-order valence-electron chi connectivity index (χ2n) is 5.32. The zero-order chi connectivity index (χ0) is 12.1. The van der Waals surface area contributed by atoms with E-state index in [-0.39, 0.29) is 12.0 Å². The Hall–Kier alpha value is -0.410. The zero-order valence-corrected chi connectivity index (χ0v) is 11.1. The topological polar surface area (TPSA) is 32.3 Å². The third kappa shape index (κ3) is 3.87. The van der Waals surface area contributed by atoms with Crippen LogP contribution in [0.4, 0.5) is 0 Å². The summed E-state index contributed by atoms with van der Waals surface area (Å²) in [6.45, 7) is 9.26. The Morgan fingerprint density at radius 2 is 2.19 bits per heavy atom. The molecule has 0 aliphatic carbocycles. The first-order valence-electron chi connectivity index (χ1n) is 6.50. The molecular formula is C13H26N2O. The van der Waals surface area contributed by atoms with Gasteiger partial charge in [0.05, 0.1) is 6.04 Å². The van der Waals surface area contributed by atoms with Crippen LogP contribution < -0.4 is 5.32 Å². The lowest BCUT2D eigenvalue weighted by atomic mass is 9.92. The summed E-state index contributed by atoms with van der Waals surface area (Å²) in [6.07, 6.45) is 2.25. The Balaban J connectivity index is 2.47. The lowest BCUT2D eigenvalue weighted by molar-refractivity contribution is -0.124. The number of likely N-dealkylation sites (N-methyl/N-ethyl adjacent to an activating group) is 1. The maximum atomic E-state index is 12.0. The molecule has 0 aromatic rings. The second kappa shape index (κ2) is 6.36. The number of nitrogens with zero attached hydrogens (tertiary/aromatic N) is 1. The van der Waals surface area contributed by atoms with Gasteiger partial charge in [0.15, 0.2) is 5.78 Å². The minimum absolute atomic E-state index is 0.0708. The number of carbonyl (C=O) groups excluding carboxylic acids is 1. The number of nitrogens with one attached hydrogen (secondary N) is 1. The van der Waals surface area contributed by atoms with Crippen LogP contribution in [0.3, 0.4) is 0 Å². The van der Waals surface area contributed by atoms with Gasteiger partial charge in [-0.1, -0.05) is 20.8 Å². The van der Waals surface area contributed by atoms with E-state index in [9.17, 15) is 4.79 Å². The maximum absolute atomic E-state index is 12.0. The zero-order valence-electron chi connectivity index (χ0n) is 11.1. The number of hydrogen-bond donors (Lipinski definition) is 1. The Morgan fingerprint density at radius 3 is 2.62 bits per heavy atom. The summed E-state index contributed by atoms with van der Waals surface area (Å²) in [4.78, 5) is 14.4. The van der Waals surface area contributed by atoms with Crippen molar-refractivity contribution >= 4 is 5.78 Å². The second-order valence-corrected chi connectivity index (χ2v) is 5.32. The van der Waals surface area contributed by atoms with Gasteiger partial charge in [-0.2, -0.15) is 0 Å². The minimum Gasteiger partial charge on any atom is -0.308 e. The number of carbonyl (C=O) groups is 1. The van der Waals surface area contributed by atoms with Crippen LogP contribution in [0.15, 0.2) is 0 Å². The SMILES string of the molecule is CCNC(CC1CCN(C)C1)C(=O)C(C)C. The fourth-order valence-electron chi connectivity index (χ4n) is 2.50. The van der Waals surface area contributed by atoms with E-state index in [1.807, 2.05) is 13.8 Å². The van der Waals surface area contributed by atoms with Crippen molar-refractivity contribution in [1.82, 2.24) is 10.2 Å². The first kappa shape index (κ1) is 13.7. The van der Waals surface area contributed by atoms with E-state index in [1.165, 1.54) is 13.0 Å². The molecule has 0 radical (unpaired) electrons. The highest BCUT2D eigenvalue weighted by molar-refractivity contribution is 5.85. The molecular weight excluding hydrogens is 200 g/mol. The molecule has 2 atom stereocenters. The van der Waals surface area contributed by atoms with Crippen molar-refractivity contribution in [2.24, 2.45) is 11.8 Å². The van der Waals surface area contributed by atoms with Gasteiger partial charge in [-0.05, 0) is 38.9 Å². The van der Waals surface area contributed by atoms with Gasteiger partial charge >= 0.3 is 0 Å². The largest absolute Gasteiger partial charge is 0.308 e. The maximum Gasteiger partial charge on any atom is 0.152 e. The van der Waals surface area contributed by atoms with Gasteiger partial charge < -0.3 is 10.2 Å². The Labute approximate surface area is 99.6 Å². The van der Waals surface area contributed by atoms with E-state index in [2.05, 4.69) is 24.2 Å². The van der Waals surface area contributed by atoms with E-state index in [1.54, 1.807) is 0 Å². The van der Waals surface area contributed by atoms with Crippen LogP contribution in [0, 0.1) is 11.8 Å². The highest BCUT2D eigenvalue weighted by Gasteiger charge is 2.27. The Morgan fingerprint density at radius 1 is 1.50 bits per heavy atom. The van der Waals surface area contributed by atoms with E-state index in [4.69, 9.17) is 0 Å². The molecule has 1 aliphatic rings. The van der Waals surface area contributed by atoms with Crippen LogP contribution in [0.2, 0.25) is 0 Å². The molecule has 0 bridgehead atoms. The number of likely N-dealkylation sites (tertiary alicyclic amines) is 1. The average Bonchev–Trinajstić information content (AvgIpc) is 2.62. The fourth-order valence-corrected chi connectivity index (χ4v) is 2.50. The highest BCUT2D eigenvalue weighted by atomic mass is 16.1. The number of rotatable bonds is 6. The molecule has 0 saturated carbocycles. The molecule has 0 spiro atoms. The molecule has 2 unspecified atom stereocenters. The normalized spacial score (nSPS) is 23.9. The average molecular weight is 226 g/mol. The van der Waals surface area contributed by atoms with Crippen LogP contribution >= 0.6 is 0 Å². The van der Waals surface area contributed by atoms with Crippen LogP contribution in [0.5, 0.6) is 0 Å². The lowest BCUT2D eigenvalue weighted by Gasteiger charge is -2.22. The third-order valence-electron chi connectivity index (χ3n) is 3.42. The number of ketones is 1. The first-order chi connectivity index (χ1) is 7.54. The highest BCUT2D eigenvalue weighted by Crippen LogP contribution is 2.21. The van der Waals surface area contributed by atoms with Gasteiger partial charge in [0.1, 0.15) is 0 Å². The summed E-state index contributed by atoms with van der Waals surface area (Å²) in [6, 6.07) is 0.0708. The molecule has 0 amide bonds. The number of hydrogen-bond acceptors (Lipinski definition) is 3. The molecule has 0 aromatic heterocycles. The van der Waals surface area contributed by atoms with E-state index >= 15 is 0 Å². The number of Topliss-reactive ketones (excluding diaryl/α,β-unsaturated/α-hetero) is 1. The van der Waals surface area contributed by atoms with Crippen molar-refractivity contribution in [3.05, 3.63) is 0 Å². The molecule has 1 N–H and O–H groups in total. The smallest absolute Gasteiger partial charge is 0.152 e. The molecule has 3 heteroatoms. The van der Waals surface area contributed by atoms with Gasteiger partial charge in [-0.15, -0.1) is 0 Å². The summed E-state index contributed by atoms with van der Waals surface area (Å²) in [5.41, 5.74) is 0. The lowest BCUT2D eigenvalue weighted by Crippen LogP contribution is -2.40. The van der Waals surface area contributed by atoms with Gasteiger partial charge in [0.25, 0.3) is 0 Å². The van der Waals surface area contributed by atoms with Crippen molar-refractivity contribution in [1.29, 1.82) is 0 Å². The predicted molar refractivity (Wildman–Crippen MR) is 67.5 cm³/mol. The standard InChI is InChI=1S/C13H26N2O/c1-5-14-12(13(16)10(2)3)8-11-6-7-15(4)9-11/h10-12,14H,5-9H2,1-4H3. The molecule has 0 aromatic carbocycles. The van der Waals surface area contributed by atoms with E-state index in [0.29, 0.717) is 11.7 Å². The molecule has 16 heavy (non-hydrogen) atoms. The molecule has 1 saturated heterocycles. The molecule has 94 valence electrons. The van der Waals surface area contributed by atoms with Gasteiger partial charge in [0, 0.05) is 12.5 Å². The van der Waals surface area contributed by atoms with Crippen molar-refractivity contribution < 1.29 is 4.79 Å². The molecule has 3 nitrogen and oxygen atoms in total. The van der Waals surface area contributed by atoms with E-state index < -0.39 is 0 Å². The summed E-state index contributed by atoms with van der Waals surface area (Å²) in [5, 5.41) is 3.34. The fraction of sp³-hybridized carbons (Fsp3) is 0.923. The van der Waals surface area contributed by atoms with Crippen molar-refractivity contribution in [3.8, 4) is 0 Å². The van der Waals surface area contributed by atoms with Gasteiger partial charge in [0.2, 0.25) is 0 Å². The Kier molecular flexibility index (Phi) is 5.42. The summed E-state index contributed by atoms with van der Waals surface area (Å²) in [5.74, 6) is 1.20. The summed E-state index contributed by atoms with van der Waals surface area (Å²) >= 11 is 0. The summed E-state index contributed by atoms with van der Waals surface area (Å²) < 4.78 is 0. The van der Waals surface area contributed by atoms with Crippen molar-refractivity contribution in [2.75, 3.05) is 26.7 Å². The van der Waals surface area contributed by atoms with Gasteiger partial charge in [-0.25, -0.2) is 0 Å². The summed E-state index contributed by atoms with van der Waals surface area (Å²) in [7, 11) is 2.16. The molecule has 1 aliphatic heterocycles. The minimum atomic E-state index is 0.0708. The Bertz CT molecular complexity index is 228.